The molecule has 0 radical (unpaired) electrons. The number of carbonyl (C=O) groups is 3. The van der Waals surface area contributed by atoms with Gasteiger partial charge in [-0.1, -0.05) is 30.3 Å². The zero-order valence-electron chi connectivity index (χ0n) is 17.8. The Bertz CT molecular complexity index is 796. The van der Waals surface area contributed by atoms with Gasteiger partial charge in [-0.3, -0.25) is 19.6 Å². The van der Waals surface area contributed by atoms with Crippen LogP contribution in [0, 0.1) is 11.8 Å². The van der Waals surface area contributed by atoms with Crippen LogP contribution in [0.15, 0.2) is 30.3 Å². The number of nitrogens with zero attached hydrogens (tertiary/aromatic N) is 2. The van der Waals surface area contributed by atoms with E-state index >= 15 is 0 Å². The Morgan fingerprint density at radius 2 is 1.81 bits per heavy atom. The van der Waals surface area contributed by atoms with Gasteiger partial charge in [-0.15, -0.1) is 0 Å². The maximum atomic E-state index is 13.3. The molecule has 8 heteroatoms. The molecule has 0 spiro atoms. The Kier molecular flexibility index (Phi) is 6.87. The Balaban J connectivity index is 1.38. The first-order valence-corrected chi connectivity index (χ1v) is 11.4. The Morgan fingerprint density at radius 1 is 1.06 bits per heavy atom. The molecule has 3 amide bonds. The standard InChI is InChI=1S/C23H32N4O4/c28-20(26-9-4-5-10-26)13-16-12-19(22(29)25-31)21(24-14-16)23(30)27-11-8-18(15-27)17-6-2-1-3-7-17/h1-3,6-7,16,18-19,21,24,31H,4-5,8-15H2,(H,25,29)/t16-,18+,19+,21+/m1/s1. The molecular formula is C23H32N4O4. The van der Waals surface area contributed by atoms with Crippen LogP contribution in [-0.2, 0) is 14.4 Å². The number of likely N-dealkylation sites (tertiary alicyclic amines) is 2. The van der Waals surface area contributed by atoms with Gasteiger partial charge >= 0.3 is 0 Å². The van der Waals surface area contributed by atoms with E-state index in [1.165, 1.54) is 5.56 Å². The summed E-state index contributed by atoms with van der Waals surface area (Å²) in [5.74, 6) is -0.986. The lowest BCUT2D eigenvalue weighted by Crippen LogP contribution is -2.58. The molecule has 0 saturated carbocycles. The van der Waals surface area contributed by atoms with Crippen LogP contribution in [0.25, 0.3) is 0 Å². The number of hydroxylamine groups is 1. The smallest absolute Gasteiger partial charge is 0.248 e. The lowest BCUT2D eigenvalue weighted by molar-refractivity contribution is -0.144. The summed E-state index contributed by atoms with van der Waals surface area (Å²) in [5.41, 5.74) is 2.95. The summed E-state index contributed by atoms with van der Waals surface area (Å²) in [4.78, 5) is 41.9. The van der Waals surface area contributed by atoms with Crippen LogP contribution in [0.2, 0.25) is 0 Å². The second kappa shape index (κ2) is 9.78. The molecule has 3 aliphatic rings. The number of piperidine rings is 1. The maximum Gasteiger partial charge on any atom is 0.248 e. The number of carbonyl (C=O) groups excluding carboxylic acids is 3. The highest BCUT2D eigenvalue weighted by atomic mass is 16.5. The van der Waals surface area contributed by atoms with E-state index in [9.17, 15) is 19.6 Å². The molecule has 0 aromatic heterocycles. The van der Waals surface area contributed by atoms with Crippen molar-refractivity contribution in [2.24, 2.45) is 11.8 Å². The van der Waals surface area contributed by atoms with Crippen molar-refractivity contribution in [2.45, 2.75) is 44.1 Å². The van der Waals surface area contributed by atoms with Gasteiger partial charge in [0.1, 0.15) is 0 Å². The monoisotopic (exact) mass is 428 g/mol. The number of benzene rings is 1. The van der Waals surface area contributed by atoms with Crippen molar-refractivity contribution in [1.82, 2.24) is 20.6 Å². The van der Waals surface area contributed by atoms with Gasteiger partial charge in [-0.25, -0.2) is 5.48 Å². The van der Waals surface area contributed by atoms with E-state index < -0.39 is 17.9 Å². The summed E-state index contributed by atoms with van der Waals surface area (Å²) < 4.78 is 0. The average Bonchev–Trinajstić information content (AvgIpc) is 3.51. The highest BCUT2D eigenvalue weighted by molar-refractivity contribution is 5.90. The molecule has 0 unspecified atom stereocenters. The fourth-order valence-electron chi connectivity index (χ4n) is 5.27. The minimum absolute atomic E-state index is 0.0323. The number of amides is 3. The van der Waals surface area contributed by atoms with Crippen molar-refractivity contribution >= 4 is 17.7 Å². The van der Waals surface area contributed by atoms with Gasteiger partial charge in [0.2, 0.25) is 17.7 Å². The predicted octanol–water partition coefficient (Wildman–Crippen LogP) is 1.11. The molecule has 3 heterocycles. The van der Waals surface area contributed by atoms with Crippen LogP contribution in [0.4, 0.5) is 0 Å². The van der Waals surface area contributed by atoms with Gasteiger partial charge < -0.3 is 15.1 Å². The Morgan fingerprint density at radius 3 is 2.52 bits per heavy atom. The normalized spacial score (nSPS) is 28.5. The van der Waals surface area contributed by atoms with Crippen LogP contribution in [0.1, 0.15) is 43.6 Å². The first-order chi connectivity index (χ1) is 15.1. The van der Waals surface area contributed by atoms with Crippen LogP contribution >= 0.6 is 0 Å². The molecule has 31 heavy (non-hydrogen) atoms. The van der Waals surface area contributed by atoms with Crippen LogP contribution < -0.4 is 10.8 Å². The third-order valence-electron chi connectivity index (χ3n) is 7.02. The number of rotatable bonds is 5. The largest absolute Gasteiger partial charge is 0.343 e. The number of hydrogen-bond donors (Lipinski definition) is 3. The summed E-state index contributed by atoms with van der Waals surface area (Å²) in [6, 6.07) is 9.49. The molecule has 3 aliphatic heterocycles. The van der Waals surface area contributed by atoms with Gasteiger partial charge in [0.15, 0.2) is 0 Å². The van der Waals surface area contributed by atoms with Crippen molar-refractivity contribution in [2.75, 3.05) is 32.7 Å². The van der Waals surface area contributed by atoms with Gasteiger partial charge in [-0.05, 0) is 43.7 Å². The molecule has 0 bridgehead atoms. The van der Waals surface area contributed by atoms with Crippen LogP contribution in [0.3, 0.4) is 0 Å². The van der Waals surface area contributed by atoms with E-state index in [-0.39, 0.29) is 17.7 Å². The van der Waals surface area contributed by atoms with Gasteiger partial charge in [0.25, 0.3) is 0 Å². The maximum absolute atomic E-state index is 13.3. The first kappa shape index (κ1) is 21.8. The first-order valence-electron chi connectivity index (χ1n) is 11.4. The van der Waals surface area contributed by atoms with E-state index in [1.807, 2.05) is 28.0 Å². The minimum atomic E-state index is -0.696. The van der Waals surface area contributed by atoms with Crippen molar-refractivity contribution < 1.29 is 19.6 Å². The molecule has 4 atom stereocenters. The average molecular weight is 429 g/mol. The van der Waals surface area contributed by atoms with Gasteiger partial charge in [-0.2, -0.15) is 0 Å². The van der Waals surface area contributed by atoms with Crippen molar-refractivity contribution in [3.63, 3.8) is 0 Å². The Hall–Kier alpha value is -2.45. The molecule has 4 rings (SSSR count). The summed E-state index contributed by atoms with van der Waals surface area (Å²) in [6.07, 6.45) is 3.75. The van der Waals surface area contributed by atoms with Gasteiger partial charge in [0, 0.05) is 38.5 Å². The summed E-state index contributed by atoms with van der Waals surface area (Å²) in [7, 11) is 0. The fourth-order valence-corrected chi connectivity index (χ4v) is 5.27. The molecule has 3 saturated heterocycles. The highest BCUT2D eigenvalue weighted by Gasteiger charge is 2.43. The molecule has 3 fully saturated rings. The van der Waals surface area contributed by atoms with Crippen molar-refractivity contribution in [3.8, 4) is 0 Å². The molecule has 0 aliphatic carbocycles. The molecule has 168 valence electrons. The predicted molar refractivity (Wildman–Crippen MR) is 114 cm³/mol. The zero-order chi connectivity index (χ0) is 21.8. The second-order valence-corrected chi connectivity index (χ2v) is 9.04. The lowest BCUT2D eigenvalue weighted by atomic mass is 9.81. The third kappa shape index (κ3) is 4.91. The highest BCUT2D eigenvalue weighted by Crippen LogP contribution is 2.31. The van der Waals surface area contributed by atoms with E-state index in [4.69, 9.17) is 0 Å². The zero-order valence-corrected chi connectivity index (χ0v) is 17.8. The topological polar surface area (TPSA) is 102 Å². The van der Waals surface area contributed by atoms with Crippen molar-refractivity contribution in [1.29, 1.82) is 0 Å². The summed E-state index contributed by atoms with van der Waals surface area (Å²) >= 11 is 0. The van der Waals surface area contributed by atoms with Crippen molar-refractivity contribution in [3.05, 3.63) is 35.9 Å². The SMILES string of the molecule is O=C(NO)[C@H]1C[C@H](CC(=O)N2CCCC2)CN[C@@H]1C(=O)N1CC[C@H](c2ccccc2)C1. The number of hydrogen-bond acceptors (Lipinski definition) is 5. The summed E-state index contributed by atoms with van der Waals surface area (Å²) in [6.45, 7) is 3.41. The Labute approximate surface area is 182 Å². The molecular weight excluding hydrogens is 396 g/mol. The third-order valence-corrected chi connectivity index (χ3v) is 7.02. The van der Waals surface area contributed by atoms with E-state index in [0.29, 0.717) is 38.4 Å². The minimum Gasteiger partial charge on any atom is -0.343 e. The van der Waals surface area contributed by atoms with E-state index in [2.05, 4.69) is 17.4 Å². The lowest BCUT2D eigenvalue weighted by Gasteiger charge is -2.37. The van der Waals surface area contributed by atoms with Crippen LogP contribution in [0.5, 0.6) is 0 Å². The molecule has 8 nitrogen and oxygen atoms in total. The van der Waals surface area contributed by atoms with Gasteiger partial charge in [0.05, 0.1) is 12.0 Å². The fraction of sp³-hybridized carbons (Fsp3) is 0.609. The number of nitrogens with one attached hydrogen (secondary N) is 2. The molecule has 1 aromatic rings. The quantitative estimate of drug-likeness (QED) is 0.482. The second-order valence-electron chi connectivity index (χ2n) is 9.04. The molecule has 1 aromatic carbocycles. The summed E-state index contributed by atoms with van der Waals surface area (Å²) in [5, 5.41) is 12.5. The molecule has 3 N–H and O–H groups in total. The van der Waals surface area contributed by atoms with Crippen LogP contribution in [-0.4, -0.2) is 71.5 Å². The van der Waals surface area contributed by atoms with E-state index in [1.54, 1.807) is 5.48 Å². The van der Waals surface area contributed by atoms with E-state index in [0.717, 1.165) is 32.4 Å².